The van der Waals surface area contributed by atoms with E-state index in [1.165, 1.54) is 19.1 Å². The molecule has 6 heteroatoms. The van der Waals surface area contributed by atoms with Gasteiger partial charge in [0.15, 0.2) is 5.78 Å². The van der Waals surface area contributed by atoms with Crippen molar-refractivity contribution in [2.75, 3.05) is 0 Å². The normalized spacial score (nSPS) is 12.2. The lowest BCUT2D eigenvalue weighted by molar-refractivity contribution is -0.385. The molecule has 1 aromatic carbocycles. The van der Waals surface area contributed by atoms with E-state index in [1.807, 2.05) is 0 Å². The second-order valence-electron chi connectivity index (χ2n) is 2.90. The van der Waals surface area contributed by atoms with Gasteiger partial charge in [-0.05, 0) is 19.1 Å². The third-order valence-electron chi connectivity index (χ3n) is 1.78. The Labute approximate surface area is 99.5 Å². The molecule has 0 amide bonds. The van der Waals surface area contributed by atoms with Crippen molar-refractivity contribution < 1.29 is 9.72 Å². The highest BCUT2D eigenvalue weighted by Gasteiger charge is 2.23. The predicted octanol–water partition coefficient (Wildman–Crippen LogP) is 3.17. The van der Waals surface area contributed by atoms with Gasteiger partial charge in [0.25, 0.3) is 5.69 Å². The Kier molecular flexibility index (Phi) is 3.82. The highest BCUT2D eigenvalue weighted by Crippen LogP contribution is 2.25. The summed E-state index contributed by atoms with van der Waals surface area (Å²) >= 11 is 8.70. The fourth-order valence-corrected chi connectivity index (χ4v) is 1.55. The fraction of sp³-hybridized carbons (Fsp3) is 0.222. The summed E-state index contributed by atoms with van der Waals surface area (Å²) in [5.74, 6) is -0.448. The Bertz CT molecular complexity index is 420. The molecule has 0 saturated carbocycles. The second kappa shape index (κ2) is 4.72. The van der Waals surface area contributed by atoms with E-state index in [1.54, 1.807) is 6.07 Å². The van der Waals surface area contributed by atoms with Crippen molar-refractivity contribution in [3.63, 3.8) is 0 Å². The molecule has 1 unspecified atom stereocenters. The lowest BCUT2D eigenvalue weighted by Crippen LogP contribution is -2.12. The van der Waals surface area contributed by atoms with Crippen LogP contribution in [0.25, 0.3) is 0 Å². The maximum Gasteiger partial charge on any atom is 0.281 e. The number of hydrogen-bond donors (Lipinski definition) is 0. The number of nitro benzene ring substituents is 1. The Morgan fingerprint density at radius 1 is 1.60 bits per heavy atom. The first-order chi connectivity index (χ1) is 6.93. The highest BCUT2D eigenvalue weighted by atomic mass is 79.9. The molecule has 15 heavy (non-hydrogen) atoms. The van der Waals surface area contributed by atoms with E-state index in [2.05, 4.69) is 15.9 Å². The van der Waals surface area contributed by atoms with Crippen molar-refractivity contribution in [2.24, 2.45) is 0 Å². The number of alkyl halides is 1. The number of nitrogens with zero attached hydrogens (tertiary/aromatic N) is 1. The van der Waals surface area contributed by atoms with Gasteiger partial charge in [-0.25, -0.2) is 0 Å². The third kappa shape index (κ3) is 2.76. The number of rotatable bonds is 3. The molecule has 0 fully saturated rings. The van der Waals surface area contributed by atoms with Gasteiger partial charge >= 0.3 is 0 Å². The largest absolute Gasteiger partial charge is 0.292 e. The van der Waals surface area contributed by atoms with Crippen LogP contribution in [-0.4, -0.2) is 16.1 Å². The molecule has 0 saturated heterocycles. The van der Waals surface area contributed by atoms with Crippen molar-refractivity contribution in [1.29, 1.82) is 0 Å². The van der Waals surface area contributed by atoms with Crippen LogP contribution in [0.3, 0.4) is 0 Å². The van der Waals surface area contributed by atoms with E-state index in [4.69, 9.17) is 11.6 Å². The average Bonchev–Trinajstić information content (AvgIpc) is 2.16. The minimum Gasteiger partial charge on any atom is -0.292 e. The zero-order valence-electron chi connectivity index (χ0n) is 7.74. The maximum absolute atomic E-state index is 11.5. The predicted molar refractivity (Wildman–Crippen MR) is 60.4 cm³/mol. The quantitative estimate of drug-likeness (QED) is 0.372. The first-order valence-electron chi connectivity index (χ1n) is 4.05. The summed E-state index contributed by atoms with van der Waals surface area (Å²) in [4.78, 5) is 21.6. The van der Waals surface area contributed by atoms with Crippen LogP contribution in [0.4, 0.5) is 5.69 Å². The van der Waals surface area contributed by atoms with E-state index in [0.29, 0.717) is 4.47 Å². The van der Waals surface area contributed by atoms with Crippen LogP contribution in [0.5, 0.6) is 0 Å². The Morgan fingerprint density at radius 2 is 2.20 bits per heavy atom. The molecule has 4 nitrogen and oxygen atoms in total. The van der Waals surface area contributed by atoms with E-state index < -0.39 is 16.1 Å². The summed E-state index contributed by atoms with van der Waals surface area (Å²) in [6, 6.07) is 4.25. The standard InChI is InChI=1S/C9H7BrClNO3/c1-5(11)9(13)7-3-2-6(10)4-8(7)12(14)15/h2-5H,1H3. The monoisotopic (exact) mass is 291 g/mol. The molecule has 0 bridgehead atoms. The van der Waals surface area contributed by atoms with Crippen molar-refractivity contribution in [3.8, 4) is 0 Å². The van der Waals surface area contributed by atoms with E-state index in [-0.39, 0.29) is 11.3 Å². The second-order valence-corrected chi connectivity index (χ2v) is 4.47. The van der Waals surface area contributed by atoms with E-state index >= 15 is 0 Å². The topological polar surface area (TPSA) is 60.2 Å². The minimum atomic E-state index is -0.773. The zero-order chi connectivity index (χ0) is 11.6. The number of carbonyl (C=O) groups excluding carboxylic acids is 1. The van der Waals surface area contributed by atoms with Gasteiger partial charge in [-0.1, -0.05) is 15.9 Å². The van der Waals surface area contributed by atoms with Gasteiger partial charge in [0, 0.05) is 10.5 Å². The number of carbonyl (C=O) groups is 1. The Hall–Kier alpha value is -0.940. The van der Waals surface area contributed by atoms with Gasteiger partial charge in [0.05, 0.1) is 15.9 Å². The molecule has 0 radical (unpaired) electrons. The summed E-state index contributed by atoms with van der Waals surface area (Å²) < 4.78 is 0.549. The first kappa shape index (κ1) is 12.1. The summed E-state index contributed by atoms with van der Waals surface area (Å²) in [7, 11) is 0. The third-order valence-corrected chi connectivity index (χ3v) is 2.47. The number of nitro groups is 1. The lowest BCUT2D eigenvalue weighted by atomic mass is 10.1. The van der Waals surface area contributed by atoms with Gasteiger partial charge in [-0.15, -0.1) is 11.6 Å². The molecule has 0 aromatic heterocycles. The van der Waals surface area contributed by atoms with Crippen LogP contribution in [0.2, 0.25) is 0 Å². The molecular weight excluding hydrogens is 285 g/mol. The molecule has 80 valence electrons. The average molecular weight is 293 g/mol. The molecule has 0 aliphatic heterocycles. The number of hydrogen-bond acceptors (Lipinski definition) is 3. The van der Waals surface area contributed by atoms with Gasteiger partial charge in [-0.2, -0.15) is 0 Å². The van der Waals surface area contributed by atoms with E-state index in [9.17, 15) is 14.9 Å². The summed E-state index contributed by atoms with van der Waals surface area (Å²) in [5.41, 5.74) is -0.201. The molecule has 1 atom stereocenters. The van der Waals surface area contributed by atoms with Gasteiger partial charge < -0.3 is 0 Å². The molecule has 0 heterocycles. The molecule has 1 aromatic rings. The fourth-order valence-electron chi connectivity index (χ4n) is 1.08. The minimum absolute atomic E-state index is 0.0331. The Balaban J connectivity index is 3.29. The van der Waals surface area contributed by atoms with Crippen molar-refractivity contribution in [1.82, 2.24) is 0 Å². The number of ketones is 1. The summed E-state index contributed by atoms with van der Waals surface area (Å²) in [5, 5.41) is 9.92. The SMILES string of the molecule is CC(Cl)C(=O)c1ccc(Br)cc1[N+](=O)[O-]. The zero-order valence-corrected chi connectivity index (χ0v) is 10.1. The van der Waals surface area contributed by atoms with Crippen LogP contribution in [0.15, 0.2) is 22.7 Å². The smallest absolute Gasteiger partial charge is 0.281 e. The first-order valence-corrected chi connectivity index (χ1v) is 5.28. The van der Waals surface area contributed by atoms with Crippen molar-refractivity contribution in [2.45, 2.75) is 12.3 Å². The summed E-state index contributed by atoms with van der Waals surface area (Å²) in [6.45, 7) is 1.48. The molecule has 0 spiro atoms. The van der Waals surface area contributed by atoms with Crippen LogP contribution in [0, 0.1) is 10.1 Å². The Morgan fingerprint density at radius 3 is 2.67 bits per heavy atom. The van der Waals surface area contributed by atoms with Gasteiger partial charge in [0.2, 0.25) is 0 Å². The van der Waals surface area contributed by atoms with Crippen LogP contribution in [-0.2, 0) is 0 Å². The lowest BCUT2D eigenvalue weighted by Gasteiger charge is -2.03. The van der Waals surface area contributed by atoms with Gasteiger partial charge in [-0.3, -0.25) is 14.9 Å². The molecule has 0 aliphatic carbocycles. The van der Waals surface area contributed by atoms with Crippen LogP contribution >= 0.6 is 27.5 Å². The van der Waals surface area contributed by atoms with E-state index in [0.717, 1.165) is 0 Å². The molecular formula is C9H7BrClNO3. The van der Waals surface area contributed by atoms with Gasteiger partial charge in [0.1, 0.15) is 0 Å². The van der Waals surface area contributed by atoms with Crippen molar-refractivity contribution >= 4 is 39.0 Å². The molecule has 0 N–H and O–H groups in total. The van der Waals surface area contributed by atoms with Crippen molar-refractivity contribution in [3.05, 3.63) is 38.3 Å². The number of Topliss-reactive ketones (excluding diaryl/α,β-unsaturated/α-hetero) is 1. The van der Waals surface area contributed by atoms with Crippen LogP contribution < -0.4 is 0 Å². The maximum atomic E-state index is 11.5. The highest BCUT2D eigenvalue weighted by molar-refractivity contribution is 9.10. The molecule has 0 aliphatic rings. The summed E-state index contributed by atoms with van der Waals surface area (Å²) in [6.07, 6.45) is 0. The molecule has 1 rings (SSSR count). The van der Waals surface area contributed by atoms with Crippen LogP contribution in [0.1, 0.15) is 17.3 Å². The number of halogens is 2. The number of benzene rings is 1.